The minimum Gasteiger partial charge on any atom is -0.354 e. The van der Waals surface area contributed by atoms with Gasteiger partial charge in [-0.05, 0) is 72.9 Å². The van der Waals surface area contributed by atoms with Crippen LogP contribution in [-0.4, -0.2) is 44.3 Å². The quantitative estimate of drug-likeness (QED) is 0.195. The van der Waals surface area contributed by atoms with Gasteiger partial charge in [0.25, 0.3) is 10.0 Å². The summed E-state index contributed by atoms with van der Waals surface area (Å²) in [6, 6.07) is 27.3. The lowest BCUT2D eigenvalue weighted by atomic mass is 10.0. The largest absolute Gasteiger partial charge is 0.354 e. The summed E-state index contributed by atoms with van der Waals surface area (Å²) in [6.07, 6.45) is 0.226. The third-order valence-electron chi connectivity index (χ3n) is 7.56. The summed E-state index contributed by atoms with van der Waals surface area (Å²) in [6.45, 7) is 7.64. The van der Waals surface area contributed by atoms with Gasteiger partial charge < -0.3 is 10.2 Å². The van der Waals surface area contributed by atoms with Gasteiger partial charge in [0.2, 0.25) is 11.8 Å². The fourth-order valence-corrected chi connectivity index (χ4v) is 6.34. The van der Waals surface area contributed by atoms with Gasteiger partial charge in [-0.15, -0.1) is 0 Å². The Morgan fingerprint density at radius 2 is 1.44 bits per heavy atom. The molecule has 0 aromatic heterocycles. The van der Waals surface area contributed by atoms with E-state index in [-0.39, 0.29) is 35.4 Å². The average molecular weight is 630 g/mol. The Morgan fingerprint density at radius 3 is 2.07 bits per heavy atom. The molecule has 0 saturated heterocycles. The van der Waals surface area contributed by atoms with Gasteiger partial charge >= 0.3 is 0 Å². The Hall–Kier alpha value is -4.50. The second-order valence-corrected chi connectivity index (χ2v) is 13.5. The van der Waals surface area contributed by atoms with E-state index in [1.54, 1.807) is 12.1 Å². The van der Waals surface area contributed by atoms with Gasteiger partial charge in [0.05, 0.1) is 10.6 Å². The molecule has 45 heavy (non-hydrogen) atoms. The van der Waals surface area contributed by atoms with Gasteiger partial charge in [0.15, 0.2) is 0 Å². The number of amides is 2. The average Bonchev–Trinajstić information content (AvgIpc) is 3.02. The molecular formula is C36H40FN3O4S. The van der Waals surface area contributed by atoms with Gasteiger partial charge in [-0.3, -0.25) is 13.9 Å². The summed E-state index contributed by atoms with van der Waals surface area (Å²) < 4.78 is 43.0. The lowest BCUT2D eigenvalue weighted by Gasteiger charge is -2.34. The van der Waals surface area contributed by atoms with Gasteiger partial charge in [0.1, 0.15) is 18.4 Å². The summed E-state index contributed by atoms with van der Waals surface area (Å²) in [7, 11) is -4.26. The molecule has 0 heterocycles. The van der Waals surface area contributed by atoms with Crippen LogP contribution in [0.25, 0.3) is 0 Å². The van der Waals surface area contributed by atoms with Crippen LogP contribution >= 0.6 is 0 Å². The van der Waals surface area contributed by atoms with Crippen molar-refractivity contribution in [3.8, 4) is 0 Å². The Balaban J connectivity index is 1.80. The number of sulfonamides is 1. The maximum absolute atomic E-state index is 14.5. The smallest absolute Gasteiger partial charge is 0.264 e. The van der Waals surface area contributed by atoms with Crippen molar-refractivity contribution in [2.75, 3.05) is 17.4 Å². The molecule has 9 heteroatoms. The van der Waals surface area contributed by atoms with E-state index in [4.69, 9.17) is 0 Å². The number of hydrogen-bond donors (Lipinski definition) is 1. The number of hydrogen-bond acceptors (Lipinski definition) is 4. The first-order valence-electron chi connectivity index (χ1n) is 15.0. The van der Waals surface area contributed by atoms with Gasteiger partial charge in [-0.25, -0.2) is 12.8 Å². The minimum atomic E-state index is -4.26. The number of nitrogens with zero attached hydrogens (tertiary/aromatic N) is 2. The summed E-state index contributed by atoms with van der Waals surface area (Å²) >= 11 is 0. The van der Waals surface area contributed by atoms with Gasteiger partial charge in [0, 0.05) is 19.5 Å². The molecule has 236 valence electrons. The van der Waals surface area contributed by atoms with Gasteiger partial charge in [-0.1, -0.05) is 86.1 Å². The zero-order valence-electron chi connectivity index (χ0n) is 26.1. The van der Waals surface area contributed by atoms with E-state index in [0.29, 0.717) is 6.54 Å². The number of anilines is 1. The molecule has 0 radical (unpaired) electrons. The van der Waals surface area contributed by atoms with Crippen molar-refractivity contribution in [1.29, 1.82) is 0 Å². The normalized spacial score (nSPS) is 12.0. The first-order chi connectivity index (χ1) is 21.5. The molecule has 0 unspecified atom stereocenters. The van der Waals surface area contributed by atoms with Crippen molar-refractivity contribution in [3.63, 3.8) is 0 Å². The molecule has 1 N–H and O–H groups in total. The molecule has 2 amide bonds. The second-order valence-electron chi connectivity index (χ2n) is 11.6. The zero-order valence-corrected chi connectivity index (χ0v) is 26.9. The maximum atomic E-state index is 14.5. The number of aryl methyl sites for hydroxylation is 2. The van der Waals surface area contributed by atoms with E-state index in [1.807, 2.05) is 82.3 Å². The van der Waals surface area contributed by atoms with Crippen LogP contribution in [0.15, 0.2) is 108 Å². The highest BCUT2D eigenvalue weighted by Crippen LogP contribution is 2.26. The fraction of sp³-hybridized carbons (Fsp3) is 0.278. The van der Waals surface area contributed by atoms with Crippen molar-refractivity contribution < 1.29 is 22.4 Å². The standard InChI is InChI=1S/C36H40FN3O4S/c1-26(2)23-38-36(42)34(22-29-11-6-5-7-12-29)39(24-30-13-9-8-10-28(30)4)35(41)25-40(32-18-16-31(37)17-19-32)45(43,44)33-20-14-27(3)15-21-33/h5-21,26,34H,22-25H2,1-4H3,(H,38,42)/t34-/m1/s1. The summed E-state index contributed by atoms with van der Waals surface area (Å²) in [5, 5.41) is 2.98. The molecule has 0 bridgehead atoms. The van der Waals surface area contributed by atoms with Crippen LogP contribution in [0.1, 0.15) is 36.1 Å². The summed E-state index contributed by atoms with van der Waals surface area (Å²) in [5.74, 6) is -1.26. The van der Waals surface area contributed by atoms with Crippen LogP contribution < -0.4 is 9.62 Å². The third kappa shape index (κ3) is 8.79. The van der Waals surface area contributed by atoms with Crippen LogP contribution in [-0.2, 0) is 32.6 Å². The predicted octanol–water partition coefficient (Wildman–Crippen LogP) is 6.05. The Kier molecular flexibility index (Phi) is 11.1. The van der Waals surface area contributed by atoms with E-state index in [0.717, 1.165) is 38.7 Å². The number of benzene rings is 4. The highest BCUT2D eigenvalue weighted by molar-refractivity contribution is 7.92. The molecule has 0 fully saturated rings. The SMILES string of the molecule is Cc1ccc(S(=O)(=O)N(CC(=O)N(Cc2ccccc2C)[C@H](Cc2ccccc2)C(=O)NCC(C)C)c2ccc(F)cc2)cc1. The van der Waals surface area contributed by atoms with Crippen molar-refractivity contribution in [3.05, 3.63) is 131 Å². The molecule has 0 spiro atoms. The molecular weight excluding hydrogens is 589 g/mol. The molecule has 0 saturated carbocycles. The Bertz CT molecular complexity index is 1690. The fourth-order valence-electron chi connectivity index (χ4n) is 4.92. The highest BCUT2D eigenvalue weighted by atomic mass is 32.2. The number of halogens is 1. The monoisotopic (exact) mass is 629 g/mol. The van der Waals surface area contributed by atoms with E-state index < -0.39 is 34.3 Å². The second kappa shape index (κ2) is 15.0. The van der Waals surface area contributed by atoms with Crippen molar-refractivity contribution in [2.45, 2.75) is 51.6 Å². The third-order valence-corrected chi connectivity index (χ3v) is 9.35. The minimum absolute atomic E-state index is 0.00816. The number of nitrogens with one attached hydrogen (secondary N) is 1. The highest BCUT2D eigenvalue weighted by Gasteiger charge is 2.34. The van der Waals surface area contributed by atoms with Crippen LogP contribution in [0.4, 0.5) is 10.1 Å². The van der Waals surface area contributed by atoms with Gasteiger partial charge in [-0.2, -0.15) is 0 Å². The van der Waals surface area contributed by atoms with E-state index in [2.05, 4.69) is 5.32 Å². The van der Waals surface area contributed by atoms with Crippen LogP contribution in [0.3, 0.4) is 0 Å². The zero-order chi connectivity index (χ0) is 32.6. The molecule has 0 aliphatic heterocycles. The number of carbonyl (C=O) groups excluding carboxylic acids is 2. The van der Waals surface area contributed by atoms with Crippen LogP contribution in [0, 0.1) is 25.6 Å². The molecule has 7 nitrogen and oxygen atoms in total. The van der Waals surface area contributed by atoms with Crippen LogP contribution in [0.5, 0.6) is 0 Å². The molecule has 0 aliphatic carbocycles. The summed E-state index contributed by atoms with van der Waals surface area (Å²) in [5.41, 5.74) is 3.62. The van der Waals surface area contributed by atoms with E-state index in [1.165, 1.54) is 29.2 Å². The van der Waals surface area contributed by atoms with E-state index in [9.17, 15) is 22.4 Å². The Morgan fingerprint density at radius 1 is 0.822 bits per heavy atom. The van der Waals surface area contributed by atoms with E-state index >= 15 is 0 Å². The molecule has 0 aliphatic rings. The molecule has 4 rings (SSSR count). The lowest BCUT2D eigenvalue weighted by Crippen LogP contribution is -2.53. The Labute approximate surface area is 265 Å². The number of carbonyl (C=O) groups is 2. The molecule has 1 atom stereocenters. The first-order valence-corrected chi connectivity index (χ1v) is 16.4. The van der Waals surface area contributed by atoms with Crippen molar-refractivity contribution in [1.82, 2.24) is 10.2 Å². The lowest BCUT2D eigenvalue weighted by molar-refractivity contribution is -0.140. The number of rotatable bonds is 13. The molecule has 4 aromatic carbocycles. The van der Waals surface area contributed by atoms with Crippen LogP contribution in [0.2, 0.25) is 0 Å². The predicted molar refractivity (Wildman–Crippen MR) is 176 cm³/mol. The van der Waals surface area contributed by atoms with Crippen molar-refractivity contribution in [2.24, 2.45) is 5.92 Å². The summed E-state index contributed by atoms with van der Waals surface area (Å²) in [4.78, 5) is 29.8. The maximum Gasteiger partial charge on any atom is 0.264 e. The first kappa shape index (κ1) is 33.4. The van der Waals surface area contributed by atoms with Crippen molar-refractivity contribution >= 4 is 27.5 Å². The topological polar surface area (TPSA) is 86.8 Å². The molecule has 4 aromatic rings.